The van der Waals surface area contributed by atoms with Crippen LogP contribution < -0.4 is 9.47 Å². The predicted molar refractivity (Wildman–Crippen MR) is 412 cm³/mol. The molecular formula is C93H102N2O4. The van der Waals surface area contributed by atoms with Crippen LogP contribution >= 0.6 is 0 Å². The summed E-state index contributed by atoms with van der Waals surface area (Å²) in [6, 6.07) is 56.1. The van der Waals surface area contributed by atoms with Crippen molar-refractivity contribution >= 4 is 17.3 Å². The first-order valence-corrected chi connectivity index (χ1v) is 36.8. The molecule has 99 heavy (non-hydrogen) atoms. The molecule has 0 aliphatic heterocycles. The highest BCUT2D eigenvalue weighted by Crippen LogP contribution is 2.35. The van der Waals surface area contributed by atoms with Gasteiger partial charge in [0.1, 0.15) is 5.75 Å². The van der Waals surface area contributed by atoms with Gasteiger partial charge in [-0.15, -0.1) is 0 Å². The van der Waals surface area contributed by atoms with Crippen molar-refractivity contribution in [1.29, 1.82) is 0 Å². The Morgan fingerprint density at radius 1 is 0.283 bits per heavy atom. The largest absolute Gasteiger partial charge is 0.494 e. The van der Waals surface area contributed by atoms with Crippen molar-refractivity contribution in [1.82, 2.24) is 0 Å². The minimum atomic E-state index is -0.324. The number of ether oxygens (including phenoxy) is 3. The van der Waals surface area contributed by atoms with Crippen molar-refractivity contribution in [2.24, 2.45) is 10.2 Å². The van der Waals surface area contributed by atoms with Gasteiger partial charge in [-0.1, -0.05) is 296 Å². The van der Waals surface area contributed by atoms with Gasteiger partial charge >= 0.3 is 5.97 Å². The van der Waals surface area contributed by atoms with Crippen molar-refractivity contribution in [3.8, 4) is 70.7 Å². The lowest BCUT2D eigenvalue weighted by Gasteiger charge is -2.17. The van der Waals surface area contributed by atoms with Crippen molar-refractivity contribution in [3.63, 3.8) is 0 Å². The van der Waals surface area contributed by atoms with E-state index in [0.717, 1.165) is 138 Å². The molecule has 0 saturated carbocycles. The maximum Gasteiger partial charge on any atom is 0.338 e. The second-order valence-corrected chi connectivity index (χ2v) is 26.3. The van der Waals surface area contributed by atoms with Crippen LogP contribution in [0.15, 0.2) is 180 Å². The first kappa shape index (κ1) is 75.0. The van der Waals surface area contributed by atoms with Crippen LogP contribution in [0.5, 0.6) is 11.5 Å². The van der Waals surface area contributed by atoms with Crippen molar-refractivity contribution < 1.29 is 19.0 Å². The van der Waals surface area contributed by atoms with E-state index in [2.05, 4.69) is 172 Å². The lowest BCUT2D eigenvalue weighted by molar-refractivity contribution is 0.0497. The van der Waals surface area contributed by atoms with E-state index in [4.69, 9.17) is 14.2 Å². The summed E-state index contributed by atoms with van der Waals surface area (Å²) in [6.45, 7) is 14.2. The van der Waals surface area contributed by atoms with E-state index in [-0.39, 0.29) is 5.97 Å². The van der Waals surface area contributed by atoms with E-state index < -0.39 is 0 Å². The molecule has 0 heterocycles. The maximum absolute atomic E-state index is 12.9. The Bertz CT molecular complexity index is 3970. The number of azo groups is 1. The van der Waals surface area contributed by atoms with Crippen LogP contribution in [0.2, 0.25) is 0 Å². The van der Waals surface area contributed by atoms with Gasteiger partial charge in [-0.2, -0.15) is 10.2 Å². The Hall–Kier alpha value is -9.77. The van der Waals surface area contributed by atoms with E-state index in [0.29, 0.717) is 58.0 Å². The molecule has 0 bridgehead atoms. The fourth-order valence-corrected chi connectivity index (χ4v) is 11.4. The number of hydrogen-bond acceptors (Lipinski definition) is 6. The van der Waals surface area contributed by atoms with Gasteiger partial charge in [0.25, 0.3) is 0 Å². The third kappa shape index (κ3) is 27.9. The summed E-state index contributed by atoms with van der Waals surface area (Å²) in [6.07, 6.45) is 30.9. The Labute approximate surface area is 594 Å². The number of aryl methyl sites for hydroxylation is 5. The molecular weight excluding hydrogens is 1210 g/mol. The zero-order valence-corrected chi connectivity index (χ0v) is 60.0. The number of carbonyl (C=O) groups excluding carboxylic acids is 1. The first-order chi connectivity index (χ1) is 48.6. The van der Waals surface area contributed by atoms with Gasteiger partial charge in [0, 0.05) is 27.8 Å². The molecule has 0 spiro atoms. The quantitative estimate of drug-likeness (QED) is 0.0174. The number of hydrogen-bond donors (Lipinski definition) is 0. The topological polar surface area (TPSA) is 69.5 Å². The summed E-state index contributed by atoms with van der Waals surface area (Å²) in [5, 5.41) is 8.81. The molecule has 6 heteroatoms. The van der Waals surface area contributed by atoms with Crippen LogP contribution in [0.4, 0.5) is 11.4 Å². The molecule has 6 nitrogen and oxygen atoms in total. The third-order valence-corrected chi connectivity index (χ3v) is 17.6. The Kier molecular flexibility index (Phi) is 33.0. The summed E-state index contributed by atoms with van der Waals surface area (Å²) in [5.41, 5.74) is 15.2. The smallest absolute Gasteiger partial charge is 0.338 e. The minimum Gasteiger partial charge on any atom is -0.494 e. The van der Waals surface area contributed by atoms with E-state index in [1.165, 1.54) is 96.3 Å². The molecule has 0 atom stereocenters. The van der Waals surface area contributed by atoms with E-state index in [1.54, 1.807) is 24.3 Å². The zero-order chi connectivity index (χ0) is 69.3. The SMILES string of the molecule is CCCCCCCCCCCCCCCCCCOc1ccc(N=Nc2ccc(C(=O)OCCCCCCCCCCCOc3c(C#Cc4ccc(C)cc4)c(C#Cc4ccc(C)cc4)c(C#Cc4ccc(C)cc4)c(C#Cc4ccc(C)cc4)c3C#Cc3ccc(C)cc3)cc2)cc1. The van der Waals surface area contributed by atoms with Crippen molar-refractivity contribution in [2.75, 3.05) is 19.8 Å². The number of benzene rings is 8. The first-order valence-electron chi connectivity index (χ1n) is 36.8. The van der Waals surface area contributed by atoms with Gasteiger partial charge in [-0.05, 0) is 163 Å². The van der Waals surface area contributed by atoms with Gasteiger partial charge in [-0.3, -0.25) is 0 Å². The van der Waals surface area contributed by atoms with Crippen molar-refractivity contribution in [2.45, 2.75) is 202 Å². The summed E-state index contributed by atoms with van der Waals surface area (Å²) in [5.74, 6) is 36.5. The van der Waals surface area contributed by atoms with E-state index in [1.807, 2.05) is 84.9 Å². The van der Waals surface area contributed by atoms with Gasteiger partial charge in [0.2, 0.25) is 0 Å². The Morgan fingerprint density at radius 3 is 0.869 bits per heavy atom. The summed E-state index contributed by atoms with van der Waals surface area (Å²) in [7, 11) is 0. The zero-order valence-electron chi connectivity index (χ0n) is 60.0. The van der Waals surface area contributed by atoms with Crippen LogP contribution in [-0.2, 0) is 4.74 Å². The Morgan fingerprint density at radius 2 is 0.545 bits per heavy atom. The molecule has 0 unspecified atom stereocenters. The highest BCUT2D eigenvalue weighted by atomic mass is 16.5. The fraction of sp³-hybridized carbons (Fsp3) is 0.366. The lowest BCUT2D eigenvalue weighted by atomic mass is 9.89. The van der Waals surface area contributed by atoms with E-state index in [9.17, 15) is 4.79 Å². The van der Waals surface area contributed by atoms with Gasteiger partial charge in [0.05, 0.1) is 64.6 Å². The fourth-order valence-electron chi connectivity index (χ4n) is 11.4. The average Bonchev–Trinajstić information content (AvgIpc) is 0.768. The number of esters is 1. The second kappa shape index (κ2) is 43.5. The molecule has 0 radical (unpaired) electrons. The number of carbonyl (C=O) groups is 1. The molecule has 0 fully saturated rings. The second-order valence-electron chi connectivity index (χ2n) is 26.3. The van der Waals surface area contributed by atoms with Crippen LogP contribution in [0.3, 0.4) is 0 Å². The third-order valence-electron chi connectivity index (χ3n) is 17.6. The molecule has 0 aromatic heterocycles. The molecule has 508 valence electrons. The van der Waals surface area contributed by atoms with Gasteiger partial charge in [-0.25, -0.2) is 4.79 Å². The minimum absolute atomic E-state index is 0.324. The molecule has 0 aliphatic carbocycles. The summed E-state index contributed by atoms with van der Waals surface area (Å²) < 4.78 is 18.8. The molecule has 0 amide bonds. The number of unbranched alkanes of at least 4 members (excludes halogenated alkanes) is 23. The van der Waals surface area contributed by atoms with Crippen LogP contribution in [0.1, 0.15) is 261 Å². The number of nitrogens with zero attached hydrogens (tertiary/aromatic N) is 2. The molecule has 0 aliphatic rings. The molecule has 8 aromatic carbocycles. The standard InChI is InChI=1S/C93H102N2O4/c1-7-8-9-10-11-12-13-14-15-16-17-18-20-23-26-29-70-97-86-63-61-85(62-64-86)95-94-84-59-57-83(58-60-84)93(96)99-72-31-28-25-22-19-21-24-27-30-71-98-92-90(68-55-81-48-38-76(5)39-49-81)88(66-53-79-44-34-74(3)35-45-79)87(65-52-78-42-32-73(2)33-43-78)89(67-54-80-46-36-75(4)37-47-80)91(92)69-56-82-50-40-77(6)41-51-82/h32-51,57-64H,7-31,70-72H2,1-6H3. The maximum atomic E-state index is 12.9. The lowest BCUT2D eigenvalue weighted by Crippen LogP contribution is -2.08. The average molecular weight is 1310 g/mol. The predicted octanol–water partition coefficient (Wildman–Crippen LogP) is 24.0. The summed E-state index contributed by atoms with van der Waals surface area (Å²) >= 11 is 0. The molecule has 0 N–H and O–H groups in total. The molecule has 8 rings (SSSR count). The van der Waals surface area contributed by atoms with Gasteiger partial charge in [0.15, 0.2) is 5.75 Å². The summed E-state index contributed by atoms with van der Waals surface area (Å²) in [4.78, 5) is 12.9. The molecule has 8 aromatic rings. The van der Waals surface area contributed by atoms with Crippen LogP contribution in [0, 0.1) is 93.8 Å². The molecule has 0 saturated heterocycles. The highest BCUT2D eigenvalue weighted by Gasteiger charge is 2.23. The normalized spacial score (nSPS) is 10.6. The highest BCUT2D eigenvalue weighted by molar-refractivity contribution is 5.89. The van der Waals surface area contributed by atoms with Crippen LogP contribution in [0.25, 0.3) is 0 Å². The van der Waals surface area contributed by atoms with Crippen molar-refractivity contribution in [3.05, 3.63) is 259 Å². The van der Waals surface area contributed by atoms with Gasteiger partial charge < -0.3 is 14.2 Å². The monoisotopic (exact) mass is 1310 g/mol. The van der Waals surface area contributed by atoms with Crippen LogP contribution in [-0.4, -0.2) is 25.8 Å². The Balaban J connectivity index is 0.821. The number of rotatable bonds is 34. The van der Waals surface area contributed by atoms with E-state index >= 15 is 0 Å².